The van der Waals surface area contributed by atoms with Gasteiger partial charge in [0, 0.05) is 49.9 Å². The maximum absolute atomic E-state index is 14.1. The summed E-state index contributed by atoms with van der Waals surface area (Å²) in [5.41, 5.74) is 1.54. The lowest BCUT2D eigenvalue weighted by Gasteiger charge is -2.26. The highest BCUT2D eigenvalue weighted by Gasteiger charge is 2.14. The maximum atomic E-state index is 14.1. The topological polar surface area (TPSA) is 83.6 Å². The molecule has 0 saturated carbocycles. The molecule has 1 saturated heterocycles. The first kappa shape index (κ1) is 22.2. The van der Waals surface area contributed by atoms with Crippen molar-refractivity contribution in [3.05, 3.63) is 54.1 Å². The fourth-order valence-electron chi connectivity index (χ4n) is 2.94. The van der Waals surface area contributed by atoms with Crippen LogP contribution < -0.4 is 10.6 Å². The highest BCUT2D eigenvalue weighted by atomic mass is 32.2. The summed E-state index contributed by atoms with van der Waals surface area (Å²) in [5.74, 6) is -0.0718. The molecule has 9 heteroatoms. The number of aromatic nitrogens is 1. The van der Waals surface area contributed by atoms with E-state index in [1.807, 2.05) is 12.1 Å². The van der Waals surface area contributed by atoms with Crippen LogP contribution in [-0.4, -0.2) is 60.3 Å². The van der Waals surface area contributed by atoms with Crippen molar-refractivity contribution in [2.45, 2.75) is 12.2 Å². The minimum Gasteiger partial charge on any atom is -0.379 e. The predicted molar refractivity (Wildman–Crippen MR) is 116 cm³/mol. The molecule has 1 aliphatic heterocycles. The molecule has 0 unspecified atom stereocenters. The molecule has 0 bridgehead atoms. The first-order valence-electron chi connectivity index (χ1n) is 9.76. The van der Waals surface area contributed by atoms with Gasteiger partial charge in [0.25, 0.3) is 0 Å². The molecule has 2 N–H and O–H groups in total. The van der Waals surface area contributed by atoms with Crippen LogP contribution in [-0.2, 0) is 20.1 Å². The Kier molecular flexibility index (Phi) is 8.61. The highest BCUT2D eigenvalue weighted by molar-refractivity contribution is 7.99. The molecule has 1 aromatic heterocycles. The lowest BCUT2D eigenvalue weighted by molar-refractivity contribution is -0.117. The molecule has 1 aromatic carbocycles. The second-order valence-corrected chi connectivity index (χ2v) is 7.83. The molecule has 1 fully saturated rings. The fraction of sp³-hybridized carbons (Fsp3) is 0.381. The number of nitrogens with one attached hydrogen (secondary N) is 2. The van der Waals surface area contributed by atoms with Crippen LogP contribution in [0.5, 0.6) is 0 Å². The summed E-state index contributed by atoms with van der Waals surface area (Å²) in [4.78, 5) is 30.5. The molecular formula is C21H25FN4O3S. The number of rotatable bonds is 9. The van der Waals surface area contributed by atoms with Gasteiger partial charge in [-0.1, -0.05) is 6.07 Å². The van der Waals surface area contributed by atoms with Crippen LogP contribution >= 0.6 is 11.8 Å². The van der Waals surface area contributed by atoms with Crippen LogP contribution in [0, 0.1) is 5.82 Å². The third kappa shape index (κ3) is 7.40. The van der Waals surface area contributed by atoms with Crippen LogP contribution in [0.2, 0.25) is 0 Å². The molecule has 2 amide bonds. The molecule has 160 valence electrons. The quantitative estimate of drug-likeness (QED) is 0.634. The fourth-order valence-corrected chi connectivity index (χ4v) is 3.70. The molecule has 0 spiro atoms. The zero-order valence-electron chi connectivity index (χ0n) is 16.6. The van der Waals surface area contributed by atoms with E-state index in [0.717, 1.165) is 18.7 Å². The summed E-state index contributed by atoms with van der Waals surface area (Å²) >= 11 is 1.46. The molecule has 7 nitrogen and oxygen atoms in total. The first-order valence-corrected chi connectivity index (χ1v) is 10.9. The van der Waals surface area contributed by atoms with Crippen LogP contribution in [0.1, 0.15) is 12.0 Å². The van der Waals surface area contributed by atoms with E-state index in [9.17, 15) is 14.0 Å². The second kappa shape index (κ2) is 11.6. The lowest BCUT2D eigenvalue weighted by Crippen LogP contribution is -2.38. The Labute approximate surface area is 179 Å². The number of thioether (sulfide) groups is 1. The van der Waals surface area contributed by atoms with Crippen molar-refractivity contribution in [1.82, 2.24) is 9.88 Å². The standard InChI is InChI=1S/C21H25FN4O3S/c22-18-4-3-17(24-21(28)15-30-14-16-2-1-6-23-13-16)12-19(18)25-20(27)5-7-26-8-10-29-11-9-26/h1-4,6,12-13H,5,7-11,14-15H2,(H,24,28)(H,25,27). The van der Waals surface area contributed by atoms with Gasteiger partial charge >= 0.3 is 0 Å². The first-order chi connectivity index (χ1) is 14.6. The number of amides is 2. The van der Waals surface area contributed by atoms with Gasteiger partial charge in [0.15, 0.2) is 0 Å². The second-order valence-electron chi connectivity index (χ2n) is 6.85. The van der Waals surface area contributed by atoms with Crippen molar-refractivity contribution in [2.24, 2.45) is 0 Å². The van der Waals surface area contributed by atoms with Gasteiger partial charge in [0.05, 0.1) is 24.7 Å². The molecule has 30 heavy (non-hydrogen) atoms. The Hall–Kier alpha value is -2.49. The molecule has 1 aliphatic rings. The Morgan fingerprint density at radius 3 is 2.77 bits per heavy atom. The molecule has 0 atom stereocenters. The number of hydrogen-bond donors (Lipinski definition) is 2. The Bertz CT molecular complexity index is 847. The van der Waals surface area contributed by atoms with Crippen LogP contribution in [0.25, 0.3) is 0 Å². The molecule has 2 aromatic rings. The maximum Gasteiger partial charge on any atom is 0.234 e. The Morgan fingerprint density at radius 1 is 1.17 bits per heavy atom. The number of benzene rings is 1. The van der Waals surface area contributed by atoms with Crippen molar-refractivity contribution in [1.29, 1.82) is 0 Å². The van der Waals surface area contributed by atoms with E-state index in [4.69, 9.17) is 4.74 Å². The Balaban J connectivity index is 1.45. The number of pyridine rings is 1. The number of carbonyl (C=O) groups excluding carboxylic acids is 2. The van der Waals surface area contributed by atoms with E-state index in [1.165, 1.54) is 30.0 Å². The van der Waals surface area contributed by atoms with Gasteiger partial charge in [0.2, 0.25) is 11.8 Å². The SMILES string of the molecule is O=C(CSCc1cccnc1)Nc1ccc(F)c(NC(=O)CCN2CCOCC2)c1. The molecule has 0 aliphatic carbocycles. The monoisotopic (exact) mass is 432 g/mol. The van der Waals surface area contributed by atoms with E-state index in [-0.39, 0.29) is 29.7 Å². The zero-order valence-corrected chi connectivity index (χ0v) is 17.4. The minimum absolute atomic E-state index is 0.0581. The lowest BCUT2D eigenvalue weighted by atomic mass is 10.2. The molecule has 2 heterocycles. The van der Waals surface area contributed by atoms with Gasteiger partial charge in [-0.15, -0.1) is 11.8 Å². The number of ether oxygens (including phenoxy) is 1. The minimum atomic E-state index is -0.543. The predicted octanol–water partition coefficient (Wildman–Crippen LogP) is 2.75. The largest absolute Gasteiger partial charge is 0.379 e. The third-order valence-electron chi connectivity index (χ3n) is 4.51. The van der Waals surface area contributed by atoms with Crippen molar-refractivity contribution in [3.8, 4) is 0 Å². The van der Waals surface area contributed by atoms with Crippen molar-refractivity contribution in [3.63, 3.8) is 0 Å². The van der Waals surface area contributed by atoms with E-state index in [0.29, 0.717) is 31.2 Å². The Morgan fingerprint density at radius 2 is 2.00 bits per heavy atom. The number of halogens is 1. The van der Waals surface area contributed by atoms with Crippen LogP contribution in [0.3, 0.4) is 0 Å². The van der Waals surface area contributed by atoms with Gasteiger partial charge in [-0.3, -0.25) is 19.5 Å². The number of carbonyl (C=O) groups is 2. The van der Waals surface area contributed by atoms with Gasteiger partial charge in [-0.05, 0) is 29.8 Å². The summed E-state index contributed by atoms with van der Waals surface area (Å²) in [6, 6.07) is 7.95. The highest BCUT2D eigenvalue weighted by Crippen LogP contribution is 2.20. The van der Waals surface area contributed by atoms with Gasteiger partial charge in [-0.25, -0.2) is 4.39 Å². The molecule has 3 rings (SSSR count). The summed E-state index contributed by atoms with van der Waals surface area (Å²) in [6.45, 7) is 3.52. The van der Waals surface area contributed by atoms with Crippen LogP contribution in [0.15, 0.2) is 42.7 Å². The van der Waals surface area contributed by atoms with E-state index in [2.05, 4.69) is 20.5 Å². The average molecular weight is 433 g/mol. The number of morpholine rings is 1. The van der Waals surface area contributed by atoms with E-state index in [1.54, 1.807) is 12.4 Å². The summed E-state index contributed by atoms with van der Waals surface area (Å²) in [6.07, 6.45) is 3.73. The zero-order chi connectivity index (χ0) is 21.2. The third-order valence-corrected chi connectivity index (χ3v) is 5.51. The summed E-state index contributed by atoms with van der Waals surface area (Å²) < 4.78 is 19.4. The van der Waals surface area contributed by atoms with Crippen LogP contribution in [0.4, 0.5) is 15.8 Å². The summed E-state index contributed by atoms with van der Waals surface area (Å²) in [7, 11) is 0. The normalized spacial score (nSPS) is 14.3. The van der Waals surface area contributed by atoms with Crippen molar-refractivity contribution in [2.75, 3.05) is 49.2 Å². The van der Waals surface area contributed by atoms with Crippen molar-refractivity contribution < 1.29 is 18.7 Å². The van der Waals surface area contributed by atoms with E-state index >= 15 is 0 Å². The summed E-state index contributed by atoms with van der Waals surface area (Å²) in [5, 5.41) is 5.33. The van der Waals surface area contributed by atoms with Crippen molar-refractivity contribution >= 4 is 35.0 Å². The number of anilines is 2. The number of nitrogens with zero attached hydrogens (tertiary/aromatic N) is 2. The average Bonchev–Trinajstić information content (AvgIpc) is 2.76. The number of hydrogen-bond acceptors (Lipinski definition) is 6. The molecule has 0 radical (unpaired) electrons. The smallest absolute Gasteiger partial charge is 0.234 e. The van der Waals surface area contributed by atoms with E-state index < -0.39 is 5.82 Å². The van der Waals surface area contributed by atoms with Gasteiger partial charge in [-0.2, -0.15) is 0 Å². The van der Waals surface area contributed by atoms with Gasteiger partial charge in [0.1, 0.15) is 5.82 Å². The molecular weight excluding hydrogens is 407 g/mol. The van der Waals surface area contributed by atoms with Gasteiger partial charge < -0.3 is 15.4 Å².